The zero-order valence-electron chi connectivity index (χ0n) is 11.2. The Morgan fingerprint density at radius 3 is 2.63 bits per heavy atom. The normalized spacial score (nSPS) is 18.4. The van der Waals surface area contributed by atoms with Gasteiger partial charge in [0.2, 0.25) is 5.91 Å². The third-order valence-corrected chi connectivity index (χ3v) is 3.60. The summed E-state index contributed by atoms with van der Waals surface area (Å²) < 4.78 is 0. The van der Waals surface area contributed by atoms with Crippen LogP contribution in [0.15, 0.2) is 24.3 Å². The fraction of sp³-hybridized carbons (Fsp3) is 0.500. The monoisotopic (exact) mass is 281 g/mol. The number of piperazine rings is 1. The number of hydrogen-bond donors (Lipinski definition) is 1. The van der Waals surface area contributed by atoms with Crippen LogP contribution in [0.25, 0.3) is 0 Å². The van der Waals surface area contributed by atoms with E-state index in [0.717, 1.165) is 37.7 Å². The van der Waals surface area contributed by atoms with Gasteiger partial charge in [-0.25, -0.2) is 0 Å². The van der Waals surface area contributed by atoms with Gasteiger partial charge in [-0.1, -0.05) is 23.7 Å². The molecule has 0 bridgehead atoms. The molecule has 1 heterocycles. The first-order valence-electron chi connectivity index (χ1n) is 6.57. The Kier molecular flexibility index (Phi) is 4.80. The Morgan fingerprint density at radius 2 is 2.05 bits per heavy atom. The average Bonchev–Trinajstić information content (AvgIpc) is 2.39. The summed E-state index contributed by atoms with van der Waals surface area (Å²) in [5.74, 6) is 0.0439. The smallest absolute Gasteiger partial charge is 0.239 e. The van der Waals surface area contributed by atoms with Crippen molar-refractivity contribution in [3.05, 3.63) is 34.9 Å². The quantitative estimate of drug-likeness (QED) is 0.909. The topological polar surface area (TPSA) is 49.6 Å². The van der Waals surface area contributed by atoms with Gasteiger partial charge in [0.25, 0.3) is 0 Å². The van der Waals surface area contributed by atoms with Gasteiger partial charge in [-0.05, 0) is 24.6 Å². The minimum absolute atomic E-state index is 0.0439. The van der Waals surface area contributed by atoms with Crippen molar-refractivity contribution < 1.29 is 4.79 Å². The number of carbonyl (C=O) groups is 1. The van der Waals surface area contributed by atoms with E-state index in [1.165, 1.54) is 5.56 Å². The lowest BCUT2D eigenvalue weighted by Gasteiger charge is -2.35. The second kappa shape index (κ2) is 6.37. The van der Waals surface area contributed by atoms with E-state index < -0.39 is 6.04 Å². The average molecular weight is 282 g/mol. The Balaban J connectivity index is 1.85. The highest BCUT2D eigenvalue weighted by molar-refractivity contribution is 6.30. The zero-order valence-corrected chi connectivity index (χ0v) is 11.9. The molecule has 19 heavy (non-hydrogen) atoms. The molecule has 1 aromatic carbocycles. The third-order valence-electron chi connectivity index (χ3n) is 3.37. The van der Waals surface area contributed by atoms with Crippen LogP contribution in [0.4, 0.5) is 0 Å². The van der Waals surface area contributed by atoms with Gasteiger partial charge >= 0.3 is 0 Å². The summed E-state index contributed by atoms with van der Waals surface area (Å²) in [6.45, 7) is 5.87. The van der Waals surface area contributed by atoms with Crippen LogP contribution >= 0.6 is 11.6 Å². The van der Waals surface area contributed by atoms with Crippen LogP contribution < -0.4 is 5.73 Å². The number of benzene rings is 1. The second-order valence-electron chi connectivity index (χ2n) is 5.02. The Hall–Kier alpha value is -1.10. The Labute approximate surface area is 119 Å². The molecule has 0 unspecified atom stereocenters. The summed E-state index contributed by atoms with van der Waals surface area (Å²) in [7, 11) is 0. The van der Waals surface area contributed by atoms with Crippen LogP contribution in [0.2, 0.25) is 5.02 Å². The first-order chi connectivity index (χ1) is 9.06. The highest BCUT2D eigenvalue weighted by Gasteiger charge is 2.22. The molecule has 2 rings (SSSR count). The van der Waals surface area contributed by atoms with E-state index in [1.807, 2.05) is 23.1 Å². The largest absolute Gasteiger partial charge is 0.339 e. The number of halogens is 1. The molecular weight excluding hydrogens is 262 g/mol. The molecule has 0 aromatic heterocycles. The number of nitrogens with zero attached hydrogens (tertiary/aromatic N) is 2. The fourth-order valence-corrected chi connectivity index (χ4v) is 2.52. The van der Waals surface area contributed by atoms with Crippen molar-refractivity contribution in [2.75, 3.05) is 26.2 Å². The van der Waals surface area contributed by atoms with Gasteiger partial charge in [-0.15, -0.1) is 0 Å². The van der Waals surface area contributed by atoms with Crippen LogP contribution in [-0.2, 0) is 11.3 Å². The Morgan fingerprint density at radius 1 is 1.37 bits per heavy atom. The van der Waals surface area contributed by atoms with Crippen molar-refractivity contribution in [3.8, 4) is 0 Å². The lowest BCUT2D eigenvalue weighted by molar-refractivity contribution is -0.134. The maximum absolute atomic E-state index is 11.8. The maximum Gasteiger partial charge on any atom is 0.239 e. The minimum Gasteiger partial charge on any atom is -0.339 e. The van der Waals surface area contributed by atoms with Crippen molar-refractivity contribution >= 4 is 17.5 Å². The van der Waals surface area contributed by atoms with Crippen LogP contribution in [0.1, 0.15) is 12.5 Å². The fourth-order valence-electron chi connectivity index (χ4n) is 2.31. The Bertz CT molecular complexity index is 442. The number of amides is 1. The molecule has 1 saturated heterocycles. The van der Waals surface area contributed by atoms with Gasteiger partial charge in [0.15, 0.2) is 0 Å². The van der Waals surface area contributed by atoms with Crippen molar-refractivity contribution in [1.29, 1.82) is 0 Å². The molecule has 1 fully saturated rings. The second-order valence-corrected chi connectivity index (χ2v) is 5.46. The van der Waals surface area contributed by atoms with Crippen LogP contribution in [-0.4, -0.2) is 47.9 Å². The van der Waals surface area contributed by atoms with Crippen molar-refractivity contribution in [1.82, 2.24) is 9.80 Å². The van der Waals surface area contributed by atoms with Gasteiger partial charge in [0, 0.05) is 37.7 Å². The molecule has 0 saturated carbocycles. The summed E-state index contributed by atoms with van der Waals surface area (Å²) in [6, 6.07) is 7.50. The predicted molar refractivity (Wildman–Crippen MR) is 77.0 cm³/mol. The summed E-state index contributed by atoms with van der Waals surface area (Å²) in [5.41, 5.74) is 6.83. The first-order valence-corrected chi connectivity index (χ1v) is 6.95. The molecule has 0 spiro atoms. The molecule has 2 N–H and O–H groups in total. The van der Waals surface area contributed by atoms with Crippen molar-refractivity contribution in [2.24, 2.45) is 5.73 Å². The molecule has 1 aliphatic heterocycles. The SMILES string of the molecule is C[C@H](N)C(=O)N1CCN(Cc2cccc(Cl)c2)CC1. The number of carbonyl (C=O) groups excluding carboxylic acids is 1. The molecular formula is C14H20ClN3O. The van der Waals surface area contributed by atoms with Crippen LogP contribution in [0.3, 0.4) is 0 Å². The van der Waals surface area contributed by atoms with Gasteiger partial charge < -0.3 is 10.6 Å². The standard InChI is InChI=1S/C14H20ClN3O/c1-11(16)14(19)18-7-5-17(6-8-18)10-12-3-2-4-13(15)9-12/h2-4,9,11H,5-8,10,16H2,1H3/t11-/m0/s1. The van der Waals surface area contributed by atoms with Crippen LogP contribution in [0, 0.1) is 0 Å². The zero-order chi connectivity index (χ0) is 13.8. The third kappa shape index (κ3) is 3.93. The van der Waals surface area contributed by atoms with E-state index in [1.54, 1.807) is 6.92 Å². The van der Waals surface area contributed by atoms with Gasteiger partial charge in [-0.2, -0.15) is 0 Å². The van der Waals surface area contributed by atoms with Gasteiger partial charge in [0.05, 0.1) is 6.04 Å². The minimum atomic E-state index is -0.403. The van der Waals surface area contributed by atoms with Gasteiger partial charge in [-0.3, -0.25) is 9.69 Å². The number of nitrogens with two attached hydrogens (primary N) is 1. The summed E-state index contributed by atoms with van der Waals surface area (Å²) >= 11 is 5.98. The van der Waals surface area contributed by atoms with E-state index >= 15 is 0 Å². The molecule has 0 aliphatic carbocycles. The number of rotatable bonds is 3. The van der Waals surface area contributed by atoms with Crippen molar-refractivity contribution in [3.63, 3.8) is 0 Å². The van der Waals surface area contributed by atoms with E-state index in [2.05, 4.69) is 11.0 Å². The highest BCUT2D eigenvalue weighted by Crippen LogP contribution is 2.14. The molecule has 1 amide bonds. The highest BCUT2D eigenvalue weighted by atomic mass is 35.5. The predicted octanol–water partition coefficient (Wildman–Crippen LogP) is 1.33. The molecule has 4 nitrogen and oxygen atoms in total. The summed E-state index contributed by atoms with van der Waals surface area (Å²) in [6.07, 6.45) is 0. The molecule has 104 valence electrons. The maximum atomic E-state index is 11.8. The van der Waals surface area contributed by atoms with Crippen LogP contribution in [0.5, 0.6) is 0 Å². The summed E-state index contributed by atoms with van der Waals surface area (Å²) in [5, 5.41) is 0.767. The van der Waals surface area contributed by atoms with Crippen molar-refractivity contribution in [2.45, 2.75) is 19.5 Å². The molecule has 1 aromatic rings. The number of hydrogen-bond acceptors (Lipinski definition) is 3. The lowest BCUT2D eigenvalue weighted by Crippen LogP contribution is -2.52. The lowest BCUT2D eigenvalue weighted by atomic mass is 10.2. The van der Waals surface area contributed by atoms with E-state index in [-0.39, 0.29) is 5.91 Å². The van der Waals surface area contributed by atoms with E-state index in [9.17, 15) is 4.79 Å². The van der Waals surface area contributed by atoms with E-state index in [4.69, 9.17) is 17.3 Å². The van der Waals surface area contributed by atoms with E-state index in [0.29, 0.717) is 0 Å². The first kappa shape index (κ1) is 14.3. The molecule has 0 radical (unpaired) electrons. The van der Waals surface area contributed by atoms with Gasteiger partial charge in [0.1, 0.15) is 0 Å². The molecule has 5 heteroatoms. The summed E-state index contributed by atoms with van der Waals surface area (Å²) in [4.78, 5) is 15.9. The molecule has 1 atom stereocenters. The molecule has 1 aliphatic rings.